The lowest BCUT2D eigenvalue weighted by molar-refractivity contribution is 0.621. The molecule has 3 aliphatic heterocycles. The van der Waals surface area contributed by atoms with Crippen LogP contribution < -0.4 is 10.9 Å². The summed E-state index contributed by atoms with van der Waals surface area (Å²) in [6, 6.07) is 2.41. The maximum atomic E-state index is 4.48. The Hall–Kier alpha value is -1.43. The van der Waals surface area contributed by atoms with E-state index in [4.69, 9.17) is 0 Å². The van der Waals surface area contributed by atoms with Gasteiger partial charge in [-0.05, 0) is 28.9 Å². The maximum absolute atomic E-state index is 4.48. The van der Waals surface area contributed by atoms with Gasteiger partial charge < -0.3 is 9.88 Å². The lowest BCUT2D eigenvalue weighted by Gasteiger charge is -2.16. The van der Waals surface area contributed by atoms with Gasteiger partial charge >= 0.3 is 0 Å². The second kappa shape index (κ2) is 3.80. The largest absolute Gasteiger partial charge is 0.368 e. The highest BCUT2D eigenvalue weighted by molar-refractivity contribution is 9.10. The predicted octanol–water partition coefficient (Wildman–Crippen LogP) is 1.66. The lowest BCUT2D eigenvalue weighted by Crippen LogP contribution is -2.18. The van der Waals surface area contributed by atoms with E-state index in [0.29, 0.717) is 11.7 Å². The van der Waals surface area contributed by atoms with E-state index in [2.05, 4.69) is 47.7 Å². The normalized spacial score (nSPS) is 19.5. The summed E-state index contributed by atoms with van der Waals surface area (Å²) in [6.45, 7) is 3.08. The van der Waals surface area contributed by atoms with E-state index >= 15 is 0 Å². The third-order valence-electron chi connectivity index (χ3n) is 2.97. The smallest absolute Gasteiger partial charge is 0.246 e. The molecule has 0 saturated carbocycles. The van der Waals surface area contributed by atoms with Gasteiger partial charge in [-0.2, -0.15) is 4.98 Å². The minimum Gasteiger partial charge on any atom is -0.368 e. The van der Waals surface area contributed by atoms with Crippen molar-refractivity contribution < 1.29 is 0 Å². The molecule has 0 radical (unpaired) electrons. The quantitative estimate of drug-likeness (QED) is 0.804. The van der Waals surface area contributed by atoms with Crippen LogP contribution in [0.5, 0.6) is 0 Å². The Kier molecular flexibility index (Phi) is 2.39. The molecule has 88 valence electrons. The summed E-state index contributed by atoms with van der Waals surface area (Å²) in [7, 11) is 1.70. The average molecular weight is 294 g/mol. The molecule has 1 atom stereocenters. The Morgan fingerprint density at radius 3 is 3.18 bits per heavy atom. The molecule has 0 aromatic rings. The molecule has 0 bridgehead atoms. The molecular weight excluding hydrogens is 282 g/mol. The molecule has 0 fully saturated rings. The lowest BCUT2D eigenvalue weighted by atomic mass is 10.2. The molecule has 5 nitrogen and oxygen atoms in total. The van der Waals surface area contributed by atoms with Crippen molar-refractivity contribution in [2.24, 2.45) is 4.99 Å². The Labute approximate surface area is 107 Å². The SMILES string of the molecule is CN=c1ncc2cc(Br)c3n(c-2n1)C(C)CN3. The molecule has 17 heavy (non-hydrogen) atoms. The summed E-state index contributed by atoms with van der Waals surface area (Å²) in [5, 5.41) is 3.37. The fourth-order valence-electron chi connectivity index (χ4n) is 2.14. The molecule has 0 aliphatic carbocycles. The highest BCUT2D eigenvalue weighted by Crippen LogP contribution is 2.36. The highest BCUT2D eigenvalue weighted by atomic mass is 79.9. The zero-order chi connectivity index (χ0) is 12.0. The van der Waals surface area contributed by atoms with Crippen LogP contribution in [-0.4, -0.2) is 28.1 Å². The van der Waals surface area contributed by atoms with Crippen LogP contribution in [0.4, 0.5) is 5.82 Å². The van der Waals surface area contributed by atoms with Gasteiger partial charge in [-0.3, -0.25) is 4.99 Å². The molecule has 6 heteroatoms. The Morgan fingerprint density at radius 2 is 2.41 bits per heavy atom. The molecular formula is C11H12BrN5. The van der Waals surface area contributed by atoms with Gasteiger partial charge in [0.15, 0.2) is 0 Å². The Morgan fingerprint density at radius 1 is 1.59 bits per heavy atom. The summed E-state index contributed by atoms with van der Waals surface area (Å²) in [6.07, 6.45) is 1.81. The first-order chi connectivity index (χ1) is 8.20. The van der Waals surface area contributed by atoms with Gasteiger partial charge in [-0.1, -0.05) is 0 Å². The van der Waals surface area contributed by atoms with Crippen molar-refractivity contribution in [3.05, 3.63) is 22.4 Å². The van der Waals surface area contributed by atoms with Gasteiger partial charge in [0, 0.05) is 25.4 Å². The van der Waals surface area contributed by atoms with Gasteiger partial charge in [0.05, 0.1) is 10.5 Å². The molecule has 0 aromatic carbocycles. The molecule has 1 N–H and O–H groups in total. The summed E-state index contributed by atoms with van der Waals surface area (Å²) in [4.78, 5) is 12.7. The van der Waals surface area contributed by atoms with E-state index in [9.17, 15) is 0 Å². The van der Waals surface area contributed by atoms with Crippen molar-refractivity contribution in [1.82, 2.24) is 14.5 Å². The number of aromatic nitrogens is 3. The van der Waals surface area contributed by atoms with Crippen LogP contribution in [-0.2, 0) is 0 Å². The summed E-state index contributed by atoms with van der Waals surface area (Å²) in [5.74, 6) is 2.00. The number of fused-ring (bicyclic) bond motifs is 3. The second-order valence-corrected chi connectivity index (χ2v) is 4.97. The van der Waals surface area contributed by atoms with Crippen LogP contribution in [0.15, 0.2) is 21.7 Å². The number of nitrogens with zero attached hydrogens (tertiary/aromatic N) is 4. The van der Waals surface area contributed by atoms with Crippen LogP contribution in [0.1, 0.15) is 13.0 Å². The maximum Gasteiger partial charge on any atom is 0.246 e. The number of pyridine rings is 1. The van der Waals surface area contributed by atoms with Gasteiger partial charge in [0.1, 0.15) is 11.6 Å². The first-order valence-corrected chi connectivity index (χ1v) is 6.24. The number of hydrogen-bond acceptors (Lipinski definition) is 4. The van der Waals surface area contributed by atoms with E-state index < -0.39 is 0 Å². The zero-order valence-electron chi connectivity index (χ0n) is 9.61. The minimum absolute atomic E-state index is 0.379. The van der Waals surface area contributed by atoms with Crippen LogP contribution in [0.3, 0.4) is 0 Å². The standard InChI is InChI=1S/C11H12BrN5/c1-6-4-14-10-8(12)3-7-5-15-11(13-2)16-9(7)17(6)10/h3,5-6,14H,4H2,1-2H3. The molecule has 0 aromatic heterocycles. The molecule has 0 amide bonds. The predicted molar refractivity (Wildman–Crippen MR) is 69.0 cm³/mol. The third-order valence-corrected chi connectivity index (χ3v) is 3.57. The van der Waals surface area contributed by atoms with Crippen molar-refractivity contribution in [2.75, 3.05) is 18.9 Å². The van der Waals surface area contributed by atoms with Crippen molar-refractivity contribution in [3.63, 3.8) is 0 Å². The number of nitrogens with one attached hydrogen (secondary N) is 1. The molecule has 0 spiro atoms. The Balaban J connectivity index is 2.41. The average Bonchev–Trinajstić information content (AvgIpc) is 2.72. The fourth-order valence-corrected chi connectivity index (χ4v) is 2.71. The van der Waals surface area contributed by atoms with Crippen molar-refractivity contribution in [3.8, 4) is 11.4 Å². The van der Waals surface area contributed by atoms with Crippen molar-refractivity contribution in [1.29, 1.82) is 0 Å². The molecule has 0 saturated heterocycles. The molecule has 3 heterocycles. The topological polar surface area (TPSA) is 55.1 Å². The fraction of sp³-hybridized carbons (Fsp3) is 0.364. The first-order valence-electron chi connectivity index (χ1n) is 5.45. The monoisotopic (exact) mass is 293 g/mol. The van der Waals surface area contributed by atoms with E-state index in [1.807, 2.05) is 12.3 Å². The second-order valence-electron chi connectivity index (χ2n) is 4.11. The van der Waals surface area contributed by atoms with Crippen LogP contribution >= 0.6 is 15.9 Å². The number of hydrogen-bond donors (Lipinski definition) is 1. The van der Waals surface area contributed by atoms with Gasteiger partial charge in [0.25, 0.3) is 0 Å². The van der Waals surface area contributed by atoms with E-state index in [1.54, 1.807) is 7.05 Å². The molecule has 1 unspecified atom stereocenters. The van der Waals surface area contributed by atoms with Crippen LogP contribution in [0.25, 0.3) is 11.4 Å². The summed E-state index contributed by atoms with van der Waals surface area (Å²) >= 11 is 3.57. The zero-order valence-corrected chi connectivity index (χ0v) is 11.2. The van der Waals surface area contributed by atoms with Crippen molar-refractivity contribution >= 4 is 21.7 Å². The number of anilines is 1. The van der Waals surface area contributed by atoms with E-state index in [-0.39, 0.29) is 0 Å². The highest BCUT2D eigenvalue weighted by Gasteiger charge is 2.24. The van der Waals surface area contributed by atoms with Crippen LogP contribution in [0, 0.1) is 0 Å². The van der Waals surface area contributed by atoms with Gasteiger partial charge in [-0.15, -0.1) is 0 Å². The van der Waals surface area contributed by atoms with E-state index in [0.717, 1.165) is 28.2 Å². The first kappa shape index (κ1) is 10.7. The van der Waals surface area contributed by atoms with Crippen LogP contribution in [0.2, 0.25) is 0 Å². The van der Waals surface area contributed by atoms with E-state index in [1.165, 1.54) is 0 Å². The molecule has 3 rings (SSSR count). The van der Waals surface area contributed by atoms with Crippen molar-refractivity contribution in [2.45, 2.75) is 13.0 Å². The summed E-state index contributed by atoms with van der Waals surface area (Å²) < 4.78 is 3.23. The molecule has 3 aliphatic rings. The number of halogens is 1. The summed E-state index contributed by atoms with van der Waals surface area (Å²) in [5.41, 5.74) is 1.54. The third kappa shape index (κ3) is 1.55. The Bertz CT molecular complexity index is 618. The van der Waals surface area contributed by atoms with Gasteiger partial charge in [0.2, 0.25) is 5.62 Å². The minimum atomic E-state index is 0.379. The van der Waals surface area contributed by atoms with Gasteiger partial charge in [-0.25, -0.2) is 4.98 Å². The number of rotatable bonds is 0.